The molecule has 0 saturated carbocycles. The maximum Gasteiger partial charge on any atom is 0.349 e. The van der Waals surface area contributed by atoms with Crippen LogP contribution in [0.5, 0.6) is 0 Å². The van der Waals surface area contributed by atoms with Crippen molar-refractivity contribution in [3.8, 4) is 6.07 Å². The van der Waals surface area contributed by atoms with Gasteiger partial charge in [0.1, 0.15) is 17.3 Å². The molecule has 2 rings (SSSR count). The number of nitro groups is 1. The molecule has 1 amide bonds. The smallest absolute Gasteiger partial charge is 0.349 e. The largest absolute Gasteiger partial charge is 0.451 e. The SMILES string of the molecule is CCCn1c(C)cc(C=C(C#N)C(=O)OCC(=O)Nc2ccc(Cl)cc2[N+](=O)[O-])c1C. The number of benzene rings is 1. The molecule has 1 heterocycles. The van der Waals surface area contributed by atoms with Gasteiger partial charge < -0.3 is 14.6 Å². The molecule has 0 saturated heterocycles. The number of esters is 1. The number of carbonyl (C=O) groups excluding carboxylic acids is 2. The number of hydrogen-bond acceptors (Lipinski definition) is 6. The summed E-state index contributed by atoms with van der Waals surface area (Å²) in [6.07, 6.45) is 2.35. The second kappa shape index (κ2) is 10.4. The zero-order valence-corrected chi connectivity index (χ0v) is 18.0. The third-order valence-corrected chi connectivity index (χ3v) is 4.70. The van der Waals surface area contributed by atoms with Gasteiger partial charge in [-0.1, -0.05) is 18.5 Å². The Morgan fingerprint density at radius 3 is 2.68 bits per heavy atom. The molecule has 0 fully saturated rings. The van der Waals surface area contributed by atoms with E-state index in [1.165, 1.54) is 18.2 Å². The number of nitro benzene ring substituents is 1. The lowest BCUT2D eigenvalue weighted by molar-refractivity contribution is -0.383. The average molecular weight is 445 g/mol. The molecule has 0 radical (unpaired) electrons. The number of rotatable bonds is 8. The minimum atomic E-state index is -0.969. The summed E-state index contributed by atoms with van der Waals surface area (Å²) in [4.78, 5) is 34.7. The van der Waals surface area contributed by atoms with Gasteiger partial charge in [-0.05, 0) is 50.1 Å². The van der Waals surface area contributed by atoms with Gasteiger partial charge in [0.15, 0.2) is 6.61 Å². The molecule has 0 bridgehead atoms. The van der Waals surface area contributed by atoms with Crippen LogP contribution < -0.4 is 5.32 Å². The van der Waals surface area contributed by atoms with Gasteiger partial charge >= 0.3 is 5.97 Å². The number of nitrogens with zero attached hydrogens (tertiary/aromatic N) is 3. The van der Waals surface area contributed by atoms with E-state index >= 15 is 0 Å². The fourth-order valence-electron chi connectivity index (χ4n) is 2.99. The molecule has 0 unspecified atom stereocenters. The van der Waals surface area contributed by atoms with Crippen LogP contribution in [0.15, 0.2) is 29.8 Å². The number of carbonyl (C=O) groups is 2. The summed E-state index contributed by atoms with van der Waals surface area (Å²) >= 11 is 5.73. The maximum atomic E-state index is 12.3. The minimum absolute atomic E-state index is 0.0881. The van der Waals surface area contributed by atoms with Crippen LogP contribution in [0, 0.1) is 35.3 Å². The predicted molar refractivity (Wildman–Crippen MR) is 115 cm³/mol. The summed E-state index contributed by atoms with van der Waals surface area (Å²) in [5.41, 5.74) is 1.87. The Balaban J connectivity index is 2.08. The fourth-order valence-corrected chi connectivity index (χ4v) is 3.16. The quantitative estimate of drug-likeness (QED) is 0.214. The Hall–Kier alpha value is -3.64. The number of aromatic nitrogens is 1. The Morgan fingerprint density at radius 2 is 2.06 bits per heavy atom. The van der Waals surface area contributed by atoms with Gasteiger partial charge in [0.2, 0.25) is 0 Å². The van der Waals surface area contributed by atoms with E-state index in [1.807, 2.05) is 19.9 Å². The van der Waals surface area contributed by atoms with E-state index in [1.54, 1.807) is 6.07 Å². The van der Waals surface area contributed by atoms with Crippen molar-refractivity contribution in [1.29, 1.82) is 5.26 Å². The second-order valence-electron chi connectivity index (χ2n) is 6.69. The molecule has 31 heavy (non-hydrogen) atoms. The van der Waals surface area contributed by atoms with Gasteiger partial charge in [0.05, 0.1) is 4.92 Å². The standard InChI is InChI=1S/C21H21ClN4O5/c1-4-7-25-13(2)8-15(14(25)3)9-16(11-23)21(28)31-12-20(27)24-18-6-5-17(22)10-19(18)26(29)30/h5-6,8-10H,4,7,12H2,1-3H3,(H,24,27). The third-order valence-electron chi connectivity index (χ3n) is 4.47. The van der Waals surface area contributed by atoms with Crippen molar-refractivity contribution >= 4 is 40.9 Å². The zero-order valence-electron chi connectivity index (χ0n) is 17.3. The molecule has 1 aromatic carbocycles. The molecule has 1 N–H and O–H groups in total. The van der Waals surface area contributed by atoms with Crippen LogP contribution in [0.25, 0.3) is 6.08 Å². The minimum Gasteiger partial charge on any atom is -0.451 e. The number of hydrogen-bond donors (Lipinski definition) is 1. The molecule has 0 aliphatic heterocycles. The fraction of sp³-hybridized carbons (Fsp3) is 0.286. The second-order valence-corrected chi connectivity index (χ2v) is 7.13. The van der Waals surface area contributed by atoms with Gasteiger partial charge in [0, 0.05) is 29.0 Å². The summed E-state index contributed by atoms with van der Waals surface area (Å²) in [7, 11) is 0. The van der Waals surface area contributed by atoms with Crippen molar-refractivity contribution in [1.82, 2.24) is 4.57 Å². The molecule has 0 atom stereocenters. The van der Waals surface area contributed by atoms with Crippen LogP contribution in [-0.2, 0) is 20.9 Å². The van der Waals surface area contributed by atoms with Crippen LogP contribution in [0.1, 0.15) is 30.3 Å². The molecular weight excluding hydrogens is 424 g/mol. The van der Waals surface area contributed by atoms with Crippen LogP contribution >= 0.6 is 11.6 Å². The average Bonchev–Trinajstić information content (AvgIpc) is 2.99. The first-order chi connectivity index (χ1) is 14.7. The lowest BCUT2D eigenvalue weighted by atomic mass is 10.1. The summed E-state index contributed by atoms with van der Waals surface area (Å²) in [6, 6.07) is 7.39. The number of amides is 1. The van der Waals surface area contributed by atoms with Crippen molar-refractivity contribution in [2.24, 2.45) is 0 Å². The number of aryl methyl sites for hydroxylation is 1. The molecule has 0 aliphatic carbocycles. The van der Waals surface area contributed by atoms with Crippen molar-refractivity contribution in [2.45, 2.75) is 33.7 Å². The van der Waals surface area contributed by atoms with Gasteiger partial charge in [-0.25, -0.2) is 4.79 Å². The van der Waals surface area contributed by atoms with E-state index < -0.39 is 29.1 Å². The third kappa shape index (κ3) is 5.93. The van der Waals surface area contributed by atoms with E-state index in [4.69, 9.17) is 16.3 Å². The molecule has 2 aromatic rings. The highest BCUT2D eigenvalue weighted by atomic mass is 35.5. The van der Waals surface area contributed by atoms with Gasteiger partial charge in [-0.15, -0.1) is 0 Å². The molecule has 0 spiro atoms. The first-order valence-corrected chi connectivity index (χ1v) is 9.75. The number of nitrogens with one attached hydrogen (secondary N) is 1. The van der Waals surface area contributed by atoms with Crippen molar-refractivity contribution < 1.29 is 19.2 Å². The van der Waals surface area contributed by atoms with E-state index in [0.29, 0.717) is 5.56 Å². The first-order valence-electron chi connectivity index (χ1n) is 9.37. The topological polar surface area (TPSA) is 127 Å². The Bertz CT molecular complexity index is 1100. The predicted octanol–water partition coefficient (Wildman–Crippen LogP) is 4.17. The van der Waals surface area contributed by atoms with Crippen LogP contribution in [-0.4, -0.2) is 28.0 Å². The Kier molecular flexibility index (Phi) is 7.94. The van der Waals surface area contributed by atoms with Crippen LogP contribution in [0.3, 0.4) is 0 Å². The van der Waals surface area contributed by atoms with Crippen LogP contribution in [0.2, 0.25) is 5.02 Å². The van der Waals surface area contributed by atoms with Crippen molar-refractivity contribution in [3.63, 3.8) is 0 Å². The van der Waals surface area contributed by atoms with Gasteiger partial charge in [-0.2, -0.15) is 5.26 Å². The summed E-state index contributed by atoms with van der Waals surface area (Å²) in [5, 5.41) is 22.9. The molecule has 162 valence electrons. The molecule has 1 aromatic heterocycles. The highest BCUT2D eigenvalue weighted by molar-refractivity contribution is 6.31. The van der Waals surface area contributed by atoms with E-state index in [-0.39, 0.29) is 16.3 Å². The van der Waals surface area contributed by atoms with Crippen LogP contribution in [0.4, 0.5) is 11.4 Å². The van der Waals surface area contributed by atoms with E-state index in [0.717, 1.165) is 30.4 Å². The molecule has 10 heteroatoms. The Morgan fingerprint density at radius 1 is 1.35 bits per heavy atom. The zero-order chi connectivity index (χ0) is 23.1. The molecule has 9 nitrogen and oxygen atoms in total. The lowest BCUT2D eigenvalue weighted by Crippen LogP contribution is -2.21. The first kappa shape index (κ1) is 23.6. The van der Waals surface area contributed by atoms with Crippen molar-refractivity contribution in [3.05, 3.63) is 61.9 Å². The molecular formula is C21H21ClN4O5. The summed E-state index contributed by atoms with van der Waals surface area (Å²) < 4.78 is 6.99. The highest BCUT2D eigenvalue weighted by Crippen LogP contribution is 2.27. The van der Waals surface area contributed by atoms with E-state index in [9.17, 15) is 25.0 Å². The highest BCUT2D eigenvalue weighted by Gasteiger charge is 2.19. The van der Waals surface area contributed by atoms with Gasteiger partial charge in [0.25, 0.3) is 11.6 Å². The normalized spacial score (nSPS) is 11.0. The van der Waals surface area contributed by atoms with Crippen molar-refractivity contribution in [2.75, 3.05) is 11.9 Å². The number of nitriles is 1. The summed E-state index contributed by atoms with van der Waals surface area (Å²) in [6.45, 7) is 5.98. The number of ether oxygens (including phenoxy) is 1. The monoisotopic (exact) mass is 444 g/mol. The number of halogens is 1. The van der Waals surface area contributed by atoms with E-state index in [2.05, 4.69) is 16.8 Å². The van der Waals surface area contributed by atoms with Gasteiger partial charge in [-0.3, -0.25) is 14.9 Å². The summed E-state index contributed by atoms with van der Waals surface area (Å²) in [5.74, 6) is -1.76. The Labute approximate surface area is 184 Å². The maximum absolute atomic E-state index is 12.3. The lowest BCUT2D eigenvalue weighted by Gasteiger charge is -2.08. The number of anilines is 1. The molecule has 0 aliphatic rings.